The largest absolute Gasteiger partial charge is 0.378 e. The molecule has 0 bridgehead atoms. The Bertz CT molecular complexity index is 263. The van der Waals surface area contributed by atoms with E-state index in [1.807, 2.05) is 0 Å². The SMILES string of the molecule is CCCC1CC(CN)(N(C)CC2CCCC2)CCO1. The quantitative estimate of drug-likeness (QED) is 0.805. The monoisotopic (exact) mass is 268 g/mol. The van der Waals surface area contributed by atoms with Gasteiger partial charge in [0.15, 0.2) is 0 Å². The van der Waals surface area contributed by atoms with Crippen LogP contribution in [-0.4, -0.2) is 43.3 Å². The van der Waals surface area contributed by atoms with E-state index < -0.39 is 0 Å². The van der Waals surface area contributed by atoms with Crippen molar-refractivity contribution < 1.29 is 4.74 Å². The first-order valence-corrected chi connectivity index (χ1v) is 8.23. The maximum Gasteiger partial charge on any atom is 0.0593 e. The molecule has 3 nitrogen and oxygen atoms in total. The van der Waals surface area contributed by atoms with Gasteiger partial charge in [-0.15, -0.1) is 0 Å². The van der Waals surface area contributed by atoms with Crippen LogP contribution in [0.25, 0.3) is 0 Å². The lowest BCUT2D eigenvalue weighted by atomic mass is 9.83. The molecule has 2 rings (SSSR count). The summed E-state index contributed by atoms with van der Waals surface area (Å²) >= 11 is 0. The molecule has 19 heavy (non-hydrogen) atoms. The lowest BCUT2D eigenvalue weighted by molar-refractivity contribution is -0.0697. The van der Waals surface area contributed by atoms with Gasteiger partial charge in [0.2, 0.25) is 0 Å². The Kier molecular flexibility index (Phi) is 5.67. The first-order chi connectivity index (χ1) is 9.20. The Balaban J connectivity index is 1.94. The molecule has 1 saturated carbocycles. The van der Waals surface area contributed by atoms with E-state index in [1.54, 1.807) is 0 Å². The Hall–Kier alpha value is -0.120. The smallest absolute Gasteiger partial charge is 0.0593 e. The molecule has 2 atom stereocenters. The molecule has 3 heteroatoms. The van der Waals surface area contributed by atoms with Crippen molar-refractivity contribution in [1.82, 2.24) is 4.90 Å². The highest BCUT2D eigenvalue weighted by molar-refractivity contribution is 4.96. The standard InChI is InChI=1S/C16H32N2O/c1-3-6-15-11-16(13-17,9-10-19-15)18(2)12-14-7-4-5-8-14/h14-15H,3-13,17H2,1-2H3. The van der Waals surface area contributed by atoms with Crippen molar-refractivity contribution in [3.05, 3.63) is 0 Å². The average molecular weight is 268 g/mol. The number of likely N-dealkylation sites (N-methyl/N-ethyl adjacent to an activating group) is 1. The van der Waals surface area contributed by atoms with Gasteiger partial charge in [-0.2, -0.15) is 0 Å². The molecule has 0 spiro atoms. The van der Waals surface area contributed by atoms with Gasteiger partial charge in [0.1, 0.15) is 0 Å². The summed E-state index contributed by atoms with van der Waals surface area (Å²) in [6.45, 7) is 5.14. The summed E-state index contributed by atoms with van der Waals surface area (Å²) in [6.07, 6.45) is 10.7. The molecule has 2 N–H and O–H groups in total. The van der Waals surface area contributed by atoms with Crippen molar-refractivity contribution >= 4 is 0 Å². The van der Waals surface area contributed by atoms with Gasteiger partial charge < -0.3 is 10.5 Å². The average Bonchev–Trinajstić information content (AvgIpc) is 2.92. The molecule has 2 fully saturated rings. The first kappa shape index (κ1) is 15.3. The van der Waals surface area contributed by atoms with Crippen molar-refractivity contribution in [2.75, 3.05) is 26.7 Å². The Morgan fingerprint density at radius 1 is 1.32 bits per heavy atom. The van der Waals surface area contributed by atoms with E-state index >= 15 is 0 Å². The number of nitrogens with two attached hydrogens (primary N) is 1. The zero-order valence-electron chi connectivity index (χ0n) is 12.9. The number of hydrogen-bond acceptors (Lipinski definition) is 3. The predicted molar refractivity (Wildman–Crippen MR) is 80.3 cm³/mol. The van der Waals surface area contributed by atoms with Crippen LogP contribution < -0.4 is 5.73 Å². The molecule has 0 aromatic rings. The van der Waals surface area contributed by atoms with Crippen LogP contribution in [0.3, 0.4) is 0 Å². The third kappa shape index (κ3) is 3.71. The fourth-order valence-electron chi connectivity index (χ4n) is 3.97. The number of hydrogen-bond donors (Lipinski definition) is 1. The number of nitrogens with zero attached hydrogens (tertiary/aromatic N) is 1. The normalized spacial score (nSPS) is 33.2. The van der Waals surface area contributed by atoms with Crippen LogP contribution in [0.15, 0.2) is 0 Å². The molecular formula is C16H32N2O. The van der Waals surface area contributed by atoms with E-state index in [-0.39, 0.29) is 5.54 Å². The van der Waals surface area contributed by atoms with Crippen molar-refractivity contribution in [3.8, 4) is 0 Å². The van der Waals surface area contributed by atoms with E-state index in [2.05, 4.69) is 18.9 Å². The van der Waals surface area contributed by atoms with Gasteiger partial charge in [-0.05, 0) is 45.1 Å². The van der Waals surface area contributed by atoms with Gasteiger partial charge >= 0.3 is 0 Å². The topological polar surface area (TPSA) is 38.5 Å². The van der Waals surface area contributed by atoms with Crippen molar-refractivity contribution in [1.29, 1.82) is 0 Å². The lowest BCUT2D eigenvalue weighted by Gasteiger charge is -2.47. The zero-order valence-corrected chi connectivity index (χ0v) is 12.9. The van der Waals surface area contributed by atoms with Crippen LogP contribution in [0.5, 0.6) is 0 Å². The molecule has 0 amide bonds. The lowest BCUT2D eigenvalue weighted by Crippen LogP contribution is -2.58. The Morgan fingerprint density at radius 3 is 2.68 bits per heavy atom. The maximum atomic E-state index is 6.17. The van der Waals surface area contributed by atoms with E-state index in [4.69, 9.17) is 10.5 Å². The van der Waals surface area contributed by atoms with Crippen molar-refractivity contribution in [2.24, 2.45) is 11.7 Å². The predicted octanol–water partition coefficient (Wildman–Crippen LogP) is 2.79. The van der Waals surface area contributed by atoms with Gasteiger partial charge in [-0.25, -0.2) is 0 Å². The minimum absolute atomic E-state index is 0.195. The van der Waals surface area contributed by atoms with Gasteiger partial charge in [-0.1, -0.05) is 26.2 Å². The molecule has 2 aliphatic rings. The molecule has 0 radical (unpaired) electrons. The molecule has 0 aromatic carbocycles. The highest BCUT2D eigenvalue weighted by atomic mass is 16.5. The molecule has 2 unspecified atom stereocenters. The number of rotatable bonds is 6. The summed E-state index contributed by atoms with van der Waals surface area (Å²) in [5, 5.41) is 0. The summed E-state index contributed by atoms with van der Waals surface area (Å²) < 4.78 is 5.91. The summed E-state index contributed by atoms with van der Waals surface area (Å²) in [5.74, 6) is 0.904. The summed E-state index contributed by atoms with van der Waals surface area (Å²) in [6, 6.07) is 0. The fourth-order valence-corrected chi connectivity index (χ4v) is 3.97. The van der Waals surface area contributed by atoms with Gasteiger partial charge in [0.25, 0.3) is 0 Å². The van der Waals surface area contributed by atoms with Crippen LogP contribution in [0.4, 0.5) is 0 Å². The molecule has 112 valence electrons. The van der Waals surface area contributed by atoms with E-state index in [0.717, 1.165) is 31.9 Å². The van der Waals surface area contributed by atoms with Crippen LogP contribution in [0.1, 0.15) is 58.3 Å². The van der Waals surface area contributed by atoms with Gasteiger partial charge in [-0.3, -0.25) is 4.90 Å². The van der Waals surface area contributed by atoms with Gasteiger partial charge in [0.05, 0.1) is 6.10 Å². The minimum atomic E-state index is 0.195. The first-order valence-electron chi connectivity index (χ1n) is 8.23. The van der Waals surface area contributed by atoms with Crippen LogP contribution in [-0.2, 0) is 4.74 Å². The zero-order chi connectivity index (χ0) is 13.7. The highest BCUT2D eigenvalue weighted by Crippen LogP contribution is 2.34. The fraction of sp³-hybridized carbons (Fsp3) is 1.00. The summed E-state index contributed by atoms with van der Waals surface area (Å²) in [7, 11) is 2.29. The molecule has 1 heterocycles. The molecule has 1 aliphatic heterocycles. The third-order valence-electron chi connectivity index (χ3n) is 5.34. The second-order valence-corrected chi connectivity index (χ2v) is 6.70. The maximum absolute atomic E-state index is 6.17. The van der Waals surface area contributed by atoms with E-state index in [0.29, 0.717) is 6.10 Å². The Labute approximate surface area is 118 Å². The highest BCUT2D eigenvalue weighted by Gasteiger charge is 2.39. The van der Waals surface area contributed by atoms with E-state index in [9.17, 15) is 0 Å². The molecule has 1 saturated heterocycles. The van der Waals surface area contributed by atoms with Crippen LogP contribution in [0.2, 0.25) is 0 Å². The van der Waals surface area contributed by atoms with Crippen LogP contribution >= 0.6 is 0 Å². The van der Waals surface area contributed by atoms with Crippen LogP contribution in [0, 0.1) is 5.92 Å². The second kappa shape index (κ2) is 7.05. The summed E-state index contributed by atoms with van der Waals surface area (Å²) in [5.41, 5.74) is 6.37. The van der Waals surface area contributed by atoms with E-state index in [1.165, 1.54) is 45.1 Å². The second-order valence-electron chi connectivity index (χ2n) is 6.70. The minimum Gasteiger partial charge on any atom is -0.378 e. The molecular weight excluding hydrogens is 236 g/mol. The Morgan fingerprint density at radius 2 is 2.05 bits per heavy atom. The molecule has 1 aliphatic carbocycles. The number of ether oxygens (including phenoxy) is 1. The third-order valence-corrected chi connectivity index (χ3v) is 5.34. The molecule has 0 aromatic heterocycles. The van der Waals surface area contributed by atoms with Crippen molar-refractivity contribution in [3.63, 3.8) is 0 Å². The van der Waals surface area contributed by atoms with Crippen molar-refractivity contribution in [2.45, 2.75) is 69.9 Å². The summed E-state index contributed by atoms with van der Waals surface area (Å²) in [4.78, 5) is 2.58. The van der Waals surface area contributed by atoms with Gasteiger partial charge in [0, 0.05) is 25.2 Å².